The number of benzene rings is 2. The Kier molecular flexibility index (Phi) is 4.92. The molecule has 0 saturated carbocycles. The maximum atomic E-state index is 12.8. The number of ether oxygens (including phenoxy) is 1. The van der Waals surface area contributed by atoms with Crippen LogP contribution in [0.1, 0.15) is 29.3 Å². The first kappa shape index (κ1) is 18.3. The van der Waals surface area contributed by atoms with Gasteiger partial charge < -0.3 is 4.74 Å². The maximum Gasteiger partial charge on any atom is 0.359 e. The van der Waals surface area contributed by atoms with Crippen LogP contribution in [0.2, 0.25) is 0 Å². The molecule has 28 heavy (non-hydrogen) atoms. The van der Waals surface area contributed by atoms with Crippen molar-refractivity contribution in [2.75, 3.05) is 0 Å². The Bertz CT molecular complexity index is 1190. The van der Waals surface area contributed by atoms with E-state index in [-0.39, 0.29) is 23.8 Å². The quantitative estimate of drug-likeness (QED) is 0.479. The second-order valence-electron chi connectivity index (χ2n) is 6.93. The first-order valence-electron chi connectivity index (χ1n) is 9.04. The first-order valence-corrected chi connectivity index (χ1v) is 9.86. The molecule has 0 saturated heterocycles. The summed E-state index contributed by atoms with van der Waals surface area (Å²) in [6, 6.07) is 14.8. The fourth-order valence-electron chi connectivity index (χ4n) is 3.03. The zero-order chi connectivity index (χ0) is 19.7. The lowest BCUT2D eigenvalue weighted by Crippen LogP contribution is -2.28. The van der Waals surface area contributed by atoms with Crippen LogP contribution >= 0.6 is 11.3 Å². The van der Waals surface area contributed by atoms with Gasteiger partial charge in [0.2, 0.25) is 0 Å². The van der Waals surface area contributed by atoms with Crippen LogP contribution in [-0.2, 0) is 17.9 Å². The van der Waals surface area contributed by atoms with E-state index in [4.69, 9.17) is 4.74 Å². The molecule has 142 valence electrons. The monoisotopic (exact) mass is 393 g/mol. The SMILES string of the molecule is CC(C)Cn1nc(C(=O)OCc2nc3ccccc3s2)c2ccccc2c1=O. The zero-order valence-electron chi connectivity index (χ0n) is 15.6. The van der Waals surface area contributed by atoms with Crippen LogP contribution in [0.25, 0.3) is 21.0 Å². The maximum absolute atomic E-state index is 12.8. The van der Waals surface area contributed by atoms with Gasteiger partial charge in [-0.2, -0.15) is 5.10 Å². The molecular formula is C21H19N3O3S. The minimum atomic E-state index is -0.562. The molecule has 0 bridgehead atoms. The normalized spacial score (nSPS) is 11.4. The van der Waals surface area contributed by atoms with Crippen LogP contribution in [0.3, 0.4) is 0 Å². The van der Waals surface area contributed by atoms with Gasteiger partial charge in [-0.25, -0.2) is 14.5 Å². The number of aromatic nitrogens is 3. The van der Waals surface area contributed by atoms with Gasteiger partial charge in [0.05, 0.1) is 15.6 Å². The third-order valence-electron chi connectivity index (χ3n) is 4.26. The lowest BCUT2D eigenvalue weighted by molar-refractivity contribution is 0.0465. The zero-order valence-corrected chi connectivity index (χ0v) is 16.4. The molecular weight excluding hydrogens is 374 g/mol. The molecule has 0 atom stereocenters. The van der Waals surface area contributed by atoms with Crippen molar-refractivity contribution in [1.82, 2.24) is 14.8 Å². The standard InChI is InChI=1S/C21H19N3O3S/c1-13(2)11-24-20(25)15-8-4-3-7-14(15)19(23-24)21(26)27-12-18-22-16-9-5-6-10-17(16)28-18/h3-10,13H,11-12H2,1-2H3. The van der Waals surface area contributed by atoms with Crippen LogP contribution < -0.4 is 5.56 Å². The molecule has 0 fully saturated rings. The number of carbonyl (C=O) groups is 1. The van der Waals surface area contributed by atoms with Gasteiger partial charge in [-0.3, -0.25) is 4.79 Å². The third-order valence-corrected chi connectivity index (χ3v) is 5.27. The number of esters is 1. The second kappa shape index (κ2) is 7.52. The smallest absolute Gasteiger partial charge is 0.359 e. The van der Waals surface area contributed by atoms with Gasteiger partial charge in [0.25, 0.3) is 5.56 Å². The number of para-hydroxylation sites is 1. The molecule has 4 aromatic rings. The van der Waals surface area contributed by atoms with Gasteiger partial charge in [-0.05, 0) is 24.1 Å². The van der Waals surface area contributed by atoms with Gasteiger partial charge in [0.1, 0.15) is 11.6 Å². The Labute approximate surface area is 165 Å². The molecule has 7 heteroatoms. The molecule has 2 aromatic carbocycles. The van der Waals surface area contributed by atoms with Crippen LogP contribution in [0.5, 0.6) is 0 Å². The second-order valence-corrected chi connectivity index (χ2v) is 8.04. The number of hydrogen-bond donors (Lipinski definition) is 0. The highest BCUT2D eigenvalue weighted by Gasteiger charge is 2.19. The number of fused-ring (bicyclic) bond motifs is 2. The summed E-state index contributed by atoms with van der Waals surface area (Å²) in [4.78, 5) is 29.9. The predicted molar refractivity (Wildman–Crippen MR) is 110 cm³/mol. The highest BCUT2D eigenvalue weighted by atomic mass is 32.1. The molecule has 0 aliphatic carbocycles. The number of nitrogens with zero attached hydrogens (tertiary/aromatic N) is 3. The van der Waals surface area contributed by atoms with Crippen molar-refractivity contribution in [3.63, 3.8) is 0 Å². The third kappa shape index (κ3) is 3.53. The molecule has 0 unspecified atom stereocenters. The average molecular weight is 393 g/mol. The van der Waals surface area contributed by atoms with Gasteiger partial charge in [0, 0.05) is 11.9 Å². The Balaban J connectivity index is 1.66. The molecule has 4 rings (SSSR count). The number of hydrogen-bond acceptors (Lipinski definition) is 6. The van der Waals surface area contributed by atoms with Crippen LogP contribution in [0, 0.1) is 5.92 Å². The minimum absolute atomic E-state index is 0.0670. The molecule has 6 nitrogen and oxygen atoms in total. The van der Waals surface area contributed by atoms with Gasteiger partial charge in [0.15, 0.2) is 5.69 Å². The Hall–Kier alpha value is -3.06. The minimum Gasteiger partial charge on any atom is -0.453 e. The number of thiazole rings is 1. The fraction of sp³-hybridized carbons (Fsp3) is 0.238. The first-order chi connectivity index (χ1) is 13.5. The van der Waals surface area contributed by atoms with Gasteiger partial charge in [-0.1, -0.05) is 44.2 Å². The summed E-state index contributed by atoms with van der Waals surface area (Å²) < 4.78 is 7.88. The largest absolute Gasteiger partial charge is 0.453 e. The number of carbonyl (C=O) groups excluding carboxylic acids is 1. The van der Waals surface area contributed by atoms with Crippen molar-refractivity contribution < 1.29 is 9.53 Å². The van der Waals surface area contributed by atoms with E-state index in [9.17, 15) is 9.59 Å². The van der Waals surface area contributed by atoms with Crippen molar-refractivity contribution in [1.29, 1.82) is 0 Å². The highest BCUT2D eigenvalue weighted by molar-refractivity contribution is 7.18. The summed E-state index contributed by atoms with van der Waals surface area (Å²) in [6.07, 6.45) is 0. The fourth-order valence-corrected chi connectivity index (χ4v) is 3.91. The molecule has 2 aromatic heterocycles. The lowest BCUT2D eigenvalue weighted by atomic mass is 10.1. The van der Waals surface area contributed by atoms with Crippen LogP contribution in [0.15, 0.2) is 53.3 Å². The Morgan fingerprint density at radius 3 is 2.57 bits per heavy atom. The molecule has 2 heterocycles. The van der Waals surface area contributed by atoms with Crippen molar-refractivity contribution >= 4 is 38.3 Å². The van der Waals surface area contributed by atoms with Crippen LogP contribution in [0.4, 0.5) is 0 Å². The molecule has 0 N–H and O–H groups in total. The van der Waals surface area contributed by atoms with Crippen molar-refractivity contribution in [2.45, 2.75) is 27.0 Å². The van der Waals surface area contributed by atoms with E-state index in [1.807, 2.05) is 38.1 Å². The Morgan fingerprint density at radius 1 is 1.11 bits per heavy atom. The molecule has 0 amide bonds. The van der Waals surface area contributed by atoms with E-state index in [0.29, 0.717) is 22.3 Å². The highest BCUT2D eigenvalue weighted by Crippen LogP contribution is 2.22. The van der Waals surface area contributed by atoms with Crippen LogP contribution in [-0.4, -0.2) is 20.7 Å². The van der Waals surface area contributed by atoms with Gasteiger partial charge in [-0.15, -0.1) is 11.3 Å². The molecule has 0 spiro atoms. The lowest BCUT2D eigenvalue weighted by Gasteiger charge is -2.12. The average Bonchev–Trinajstić information content (AvgIpc) is 3.11. The predicted octanol–water partition coefficient (Wildman–Crippen LogP) is 4.02. The summed E-state index contributed by atoms with van der Waals surface area (Å²) in [5.74, 6) is -0.342. The molecule has 0 aliphatic heterocycles. The van der Waals surface area contributed by atoms with Crippen molar-refractivity contribution in [2.24, 2.45) is 5.92 Å². The van der Waals surface area contributed by atoms with E-state index in [2.05, 4.69) is 10.1 Å². The molecule has 0 aliphatic rings. The van der Waals surface area contributed by atoms with E-state index < -0.39 is 5.97 Å². The van der Waals surface area contributed by atoms with Crippen molar-refractivity contribution in [3.05, 3.63) is 69.6 Å². The van der Waals surface area contributed by atoms with E-state index >= 15 is 0 Å². The summed E-state index contributed by atoms with van der Waals surface area (Å²) in [5, 5.41) is 5.99. The van der Waals surface area contributed by atoms with E-state index in [1.165, 1.54) is 16.0 Å². The summed E-state index contributed by atoms with van der Waals surface area (Å²) in [5.41, 5.74) is 0.830. The summed E-state index contributed by atoms with van der Waals surface area (Å²) in [6.45, 7) is 4.49. The van der Waals surface area contributed by atoms with Gasteiger partial charge >= 0.3 is 5.97 Å². The molecule has 0 radical (unpaired) electrons. The van der Waals surface area contributed by atoms with Crippen molar-refractivity contribution in [3.8, 4) is 0 Å². The van der Waals surface area contributed by atoms with E-state index in [0.717, 1.165) is 10.2 Å². The summed E-state index contributed by atoms with van der Waals surface area (Å²) in [7, 11) is 0. The summed E-state index contributed by atoms with van der Waals surface area (Å²) >= 11 is 1.49. The topological polar surface area (TPSA) is 74.1 Å². The van der Waals surface area contributed by atoms with E-state index in [1.54, 1.807) is 24.3 Å². The Morgan fingerprint density at radius 2 is 1.82 bits per heavy atom. The number of rotatable bonds is 5.